The van der Waals surface area contributed by atoms with Crippen LogP contribution < -0.4 is 0 Å². The molecule has 7 heteroatoms. The molecule has 0 spiro atoms. The van der Waals surface area contributed by atoms with Crippen molar-refractivity contribution in [2.45, 2.75) is 12.6 Å². The zero-order chi connectivity index (χ0) is 15.1. The summed E-state index contributed by atoms with van der Waals surface area (Å²) in [5.74, 6) is -0.416. The number of hydrogen-bond acceptors (Lipinski definition) is 3. The number of fused-ring (bicyclic) bond motifs is 1. The summed E-state index contributed by atoms with van der Waals surface area (Å²) in [4.78, 5) is 7.74. The van der Waals surface area contributed by atoms with Crippen molar-refractivity contribution in [2.24, 2.45) is 0 Å². The fourth-order valence-electron chi connectivity index (χ4n) is 2.84. The van der Waals surface area contributed by atoms with Crippen molar-refractivity contribution in [1.29, 1.82) is 0 Å². The van der Waals surface area contributed by atoms with Gasteiger partial charge in [0.25, 0.3) is 0 Å². The number of likely N-dealkylation sites (N-methyl/N-ethyl adjacent to an activating group) is 2. The molecule has 0 bridgehead atoms. The maximum absolute atomic E-state index is 13.7. The molecule has 21 heavy (non-hydrogen) atoms. The van der Waals surface area contributed by atoms with E-state index in [4.69, 9.17) is 23.8 Å². The van der Waals surface area contributed by atoms with E-state index in [0.717, 1.165) is 37.2 Å². The van der Waals surface area contributed by atoms with E-state index in [1.807, 2.05) is 4.57 Å². The molecule has 1 N–H and O–H groups in total. The second-order valence-corrected chi connectivity index (χ2v) is 6.51. The number of imidazole rings is 1. The number of nitrogens with one attached hydrogen (secondary N) is 1. The molecule has 1 aromatic carbocycles. The fourth-order valence-corrected chi connectivity index (χ4v) is 3.29. The Morgan fingerprint density at radius 3 is 2.90 bits per heavy atom. The summed E-state index contributed by atoms with van der Waals surface area (Å²) in [6.07, 6.45) is 0. The van der Waals surface area contributed by atoms with Crippen LogP contribution in [0.1, 0.15) is 0 Å². The molecule has 0 radical (unpaired) electrons. The van der Waals surface area contributed by atoms with E-state index in [1.165, 1.54) is 6.07 Å². The lowest BCUT2D eigenvalue weighted by atomic mass is 10.2. The Kier molecular flexibility index (Phi) is 4.05. The van der Waals surface area contributed by atoms with Gasteiger partial charge in [-0.2, -0.15) is 0 Å². The lowest BCUT2D eigenvalue weighted by molar-refractivity contribution is 0.103. The van der Waals surface area contributed by atoms with E-state index in [-0.39, 0.29) is 5.02 Å². The van der Waals surface area contributed by atoms with Crippen LogP contribution in [-0.2, 0) is 6.54 Å². The molecule has 2 heterocycles. The van der Waals surface area contributed by atoms with E-state index >= 15 is 0 Å². The minimum Gasteiger partial charge on any atom is -0.331 e. The van der Waals surface area contributed by atoms with Crippen molar-refractivity contribution >= 4 is 34.9 Å². The quantitative estimate of drug-likeness (QED) is 0.859. The van der Waals surface area contributed by atoms with Crippen molar-refractivity contribution in [1.82, 2.24) is 19.4 Å². The summed E-state index contributed by atoms with van der Waals surface area (Å²) >= 11 is 11.2. The molecule has 1 fully saturated rings. The van der Waals surface area contributed by atoms with Gasteiger partial charge in [-0.1, -0.05) is 11.6 Å². The van der Waals surface area contributed by atoms with Gasteiger partial charge in [0.05, 0.1) is 16.1 Å². The molecule has 0 amide bonds. The summed E-state index contributed by atoms with van der Waals surface area (Å²) < 4.78 is 16.3. The monoisotopic (exact) mass is 328 g/mol. The van der Waals surface area contributed by atoms with Crippen LogP contribution in [0, 0.1) is 10.6 Å². The smallest absolute Gasteiger partial charge is 0.178 e. The number of rotatable bonds is 2. The van der Waals surface area contributed by atoms with Crippen LogP contribution in [0.2, 0.25) is 5.02 Å². The summed E-state index contributed by atoms with van der Waals surface area (Å²) in [7, 11) is 4.24. The van der Waals surface area contributed by atoms with Crippen LogP contribution in [0.5, 0.6) is 0 Å². The molecule has 1 aliphatic rings. The van der Waals surface area contributed by atoms with Crippen molar-refractivity contribution in [3.8, 4) is 0 Å². The van der Waals surface area contributed by atoms with E-state index < -0.39 is 5.82 Å². The van der Waals surface area contributed by atoms with E-state index in [1.54, 1.807) is 6.07 Å². The number of H-pyrrole nitrogens is 1. The first-order valence-electron chi connectivity index (χ1n) is 6.92. The molecular weight excluding hydrogens is 311 g/mol. The number of halogens is 2. The highest BCUT2D eigenvalue weighted by molar-refractivity contribution is 7.71. The predicted molar refractivity (Wildman–Crippen MR) is 86.0 cm³/mol. The van der Waals surface area contributed by atoms with Gasteiger partial charge in [-0.05, 0) is 32.4 Å². The van der Waals surface area contributed by atoms with Gasteiger partial charge in [0.15, 0.2) is 4.77 Å². The van der Waals surface area contributed by atoms with E-state index in [0.29, 0.717) is 10.8 Å². The molecule has 114 valence electrons. The Morgan fingerprint density at radius 1 is 1.38 bits per heavy atom. The molecule has 0 saturated carbocycles. The van der Waals surface area contributed by atoms with E-state index in [9.17, 15) is 4.39 Å². The molecule has 3 rings (SSSR count). The van der Waals surface area contributed by atoms with Gasteiger partial charge in [0.2, 0.25) is 0 Å². The molecule has 1 aromatic heterocycles. The summed E-state index contributed by atoms with van der Waals surface area (Å²) in [6, 6.07) is 3.40. The van der Waals surface area contributed by atoms with Crippen molar-refractivity contribution < 1.29 is 4.39 Å². The standard InChI is InChI=1S/C14H18ClFN4S/c1-18-3-4-19(2)9(7-18)8-20-13-6-11(16)10(15)5-12(13)17-14(20)21/h5-6,9H,3-4,7-8H2,1-2H3,(H,17,21). The molecule has 4 nitrogen and oxygen atoms in total. The number of piperazine rings is 1. The van der Waals surface area contributed by atoms with Gasteiger partial charge in [0.1, 0.15) is 5.82 Å². The third kappa shape index (κ3) is 2.85. The van der Waals surface area contributed by atoms with Crippen LogP contribution in [0.3, 0.4) is 0 Å². The van der Waals surface area contributed by atoms with Crippen LogP contribution in [-0.4, -0.2) is 59.1 Å². The van der Waals surface area contributed by atoms with Gasteiger partial charge in [-0.15, -0.1) is 0 Å². The normalized spacial score (nSPS) is 21.2. The van der Waals surface area contributed by atoms with Crippen molar-refractivity contribution in [3.63, 3.8) is 0 Å². The Morgan fingerprint density at radius 2 is 2.14 bits per heavy atom. The van der Waals surface area contributed by atoms with Crippen LogP contribution in [0.15, 0.2) is 12.1 Å². The lowest BCUT2D eigenvalue weighted by Crippen LogP contribution is -2.51. The molecule has 1 unspecified atom stereocenters. The topological polar surface area (TPSA) is 27.2 Å². The van der Waals surface area contributed by atoms with Crippen molar-refractivity contribution in [2.75, 3.05) is 33.7 Å². The molecule has 1 saturated heterocycles. The number of hydrogen-bond donors (Lipinski definition) is 1. The highest BCUT2D eigenvalue weighted by Gasteiger charge is 2.23. The minimum absolute atomic E-state index is 0.111. The average Bonchev–Trinajstić information content (AvgIpc) is 2.71. The summed E-state index contributed by atoms with van der Waals surface area (Å²) in [5, 5.41) is 0.111. The molecule has 0 aliphatic carbocycles. The maximum atomic E-state index is 13.7. The predicted octanol–water partition coefficient (Wildman–Crippen LogP) is 2.74. The SMILES string of the molecule is CN1CCN(C)C(Cn2c(=S)[nH]c3cc(Cl)c(F)cc32)C1. The molecule has 2 aromatic rings. The van der Waals surface area contributed by atoms with Gasteiger partial charge < -0.3 is 14.5 Å². The highest BCUT2D eigenvalue weighted by atomic mass is 35.5. The molecule has 1 atom stereocenters. The molecular formula is C14H18ClFN4S. The maximum Gasteiger partial charge on any atom is 0.178 e. The first-order valence-corrected chi connectivity index (χ1v) is 7.70. The van der Waals surface area contributed by atoms with Gasteiger partial charge >= 0.3 is 0 Å². The van der Waals surface area contributed by atoms with Crippen molar-refractivity contribution in [3.05, 3.63) is 27.7 Å². The second kappa shape index (κ2) is 5.68. The third-order valence-corrected chi connectivity index (χ3v) is 4.80. The Labute approximate surface area is 133 Å². The molecule has 1 aliphatic heterocycles. The number of aromatic nitrogens is 2. The van der Waals surface area contributed by atoms with Gasteiger partial charge in [0, 0.05) is 38.3 Å². The Hall–Kier alpha value is -0.950. The first kappa shape index (κ1) is 15.0. The number of aromatic amines is 1. The van der Waals surface area contributed by atoms with Crippen LogP contribution >= 0.6 is 23.8 Å². The highest BCUT2D eigenvalue weighted by Crippen LogP contribution is 2.23. The number of nitrogens with zero attached hydrogens (tertiary/aromatic N) is 3. The largest absolute Gasteiger partial charge is 0.331 e. The fraction of sp³-hybridized carbons (Fsp3) is 0.500. The van der Waals surface area contributed by atoms with Gasteiger partial charge in [-0.3, -0.25) is 4.90 Å². The minimum atomic E-state index is -0.416. The summed E-state index contributed by atoms with van der Waals surface area (Å²) in [5.41, 5.74) is 1.54. The zero-order valence-electron chi connectivity index (χ0n) is 12.1. The van der Waals surface area contributed by atoms with E-state index in [2.05, 4.69) is 28.9 Å². The van der Waals surface area contributed by atoms with Gasteiger partial charge in [-0.25, -0.2) is 4.39 Å². The lowest BCUT2D eigenvalue weighted by Gasteiger charge is -2.37. The summed E-state index contributed by atoms with van der Waals surface area (Å²) in [6.45, 7) is 3.80. The second-order valence-electron chi connectivity index (χ2n) is 5.72. The average molecular weight is 329 g/mol. The van der Waals surface area contributed by atoms with Crippen LogP contribution in [0.4, 0.5) is 4.39 Å². The zero-order valence-corrected chi connectivity index (χ0v) is 13.6. The number of benzene rings is 1. The Bertz CT molecular complexity index is 726. The first-order chi connectivity index (χ1) is 9.95. The van der Waals surface area contributed by atoms with Crippen LogP contribution in [0.25, 0.3) is 11.0 Å². The third-order valence-electron chi connectivity index (χ3n) is 4.19. The Balaban J connectivity index is 1.98.